The van der Waals surface area contributed by atoms with Crippen LogP contribution in [0.25, 0.3) is 11.4 Å². The number of rotatable bonds is 7. The van der Waals surface area contributed by atoms with E-state index in [2.05, 4.69) is 10.1 Å². The lowest BCUT2D eigenvalue weighted by molar-refractivity contribution is -0.138. The molecule has 0 fully saturated rings. The average Bonchev–Trinajstić information content (AvgIpc) is 3.16. The molecule has 0 bridgehead atoms. The van der Waals surface area contributed by atoms with Crippen LogP contribution in [0.2, 0.25) is 0 Å². The minimum atomic E-state index is -0.567. The first-order valence-electron chi connectivity index (χ1n) is 9.34. The van der Waals surface area contributed by atoms with Gasteiger partial charge in [-0.05, 0) is 31.9 Å². The number of hydrogen-bond donors (Lipinski definition) is 0. The Hall–Kier alpha value is -3.15. The molecule has 28 heavy (non-hydrogen) atoms. The molecule has 2 aromatic carbocycles. The van der Waals surface area contributed by atoms with Gasteiger partial charge in [0.2, 0.25) is 11.7 Å². The van der Waals surface area contributed by atoms with E-state index < -0.39 is 6.10 Å². The van der Waals surface area contributed by atoms with E-state index in [0.717, 1.165) is 22.4 Å². The van der Waals surface area contributed by atoms with Crippen molar-refractivity contribution < 1.29 is 14.1 Å². The Balaban J connectivity index is 1.66. The number of carbonyl (C=O) groups excluding carboxylic acids is 1. The zero-order valence-corrected chi connectivity index (χ0v) is 16.7. The van der Waals surface area contributed by atoms with Crippen molar-refractivity contribution in [1.82, 2.24) is 15.0 Å². The van der Waals surface area contributed by atoms with Crippen molar-refractivity contribution in [2.24, 2.45) is 0 Å². The molecule has 6 heteroatoms. The molecule has 146 valence electrons. The predicted molar refractivity (Wildman–Crippen MR) is 107 cm³/mol. The summed E-state index contributed by atoms with van der Waals surface area (Å²) < 4.78 is 11.3. The van der Waals surface area contributed by atoms with Crippen LogP contribution in [0.5, 0.6) is 5.75 Å². The molecular formula is C22H25N3O3. The molecule has 0 aliphatic rings. The van der Waals surface area contributed by atoms with Crippen LogP contribution in [-0.4, -0.2) is 34.1 Å². The molecule has 1 aromatic heterocycles. The van der Waals surface area contributed by atoms with Gasteiger partial charge in [-0.1, -0.05) is 60.1 Å². The summed E-state index contributed by atoms with van der Waals surface area (Å²) in [4.78, 5) is 18.8. The van der Waals surface area contributed by atoms with Crippen molar-refractivity contribution >= 4 is 5.91 Å². The van der Waals surface area contributed by atoms with Gasteiger partial charge in [-0.15, -0.1) is 0 Å². The molecule has 6 nitrogen and oxygen atoms in total. The number of likely N-dealkylation sites (N-methyl/N-ethyl adjacent to an activating group) is 1. The van der Waals surface area contributed by atoms with Gasteiger partial charge in [-0.25, -0.2) is 0 Å². The second kappa shape index (κ2) is 8.69. The second-order valence-corrected chi connectivity index (χ2v) is 6.86. The second-order valence-electron chi connectivity index (χ2n) is 6.86. The van der Waals surface area contributed by atoms with Crippen molar-refractivity contribution in [2.75, 3.05) is 7.05 Å². The highest BCUT2D eigenvalue weighted by Gasteiger charge is 2.24. The normalized spacial score (nSPS) is 11.9. The van der Waals surface area contributed by atoms with Gasteiger partial charge in [0.15, 0.2) is 6.10 Å². The molecule has 1 heterocycles. The monoisotopic (exact) mass is 379 g/mol. The van der Waals surface area contributed by atoms with E-state index in [-0.39, 0.29) is 12.5 Å². The highest BCUT2D eigenvalue weighted by Crippen LogP contribution is 2.22. The smallest absolute Gasteiger partial charge is 0.263 e. The Morgan fingerprint density at radius 2 is 1.93 bits per heavy atom. The zero-order chi connectivity index (χ0) is 20.1. The molecular weight excluding hydrogens is 354 g/mol. The largest absolute Gasteiger partial charge is 0.480 e. The SMILES string of the molecule is CCC(Oc1ccc(C)cc1C)C(=O)N(C)Cc1nc(-c2ccccc2)no1. The maximum absolute atomic E-state index is 12.8. The van der Waals surface area contributed by atoms with E-state index in [0.29, 0.717) is 18.1 Å². The number of aryl methyl sites for hydroxylation is 2. The van der Waals surface area contributed by atoms with E-state index in [1.54, 1.807) is 11.9 Å². The van der Waals surface area contributed by atoms with E-state index in [1.807, 2.05) is 69.3 Å². The van der Waals surface area contributed by atoms with E-state index in [4.69, 9.17) is 9.26 Å². The summed E-state index contributed by atoms with van der Waals surface area (Å²) in [5, 5.41) is 4.00. The summed E-state index contributed by atoms with van der Waals surface area (Å²) in [6, 6.07) is 15.5. The molecule has 0 aliphatic heterocycles. The van der Waals surface area contributed by atoms with Gasteiger partial charge >= 0.3 is 0 Å². The Bertz CT molecular complexity index is 937. The summed E-state index contributed by atoms with van der Waals surface area (Å²) in [7, 11) is 1.71. The molecule has 0 radical (unpaired) electrons. The third-order valence-electron chi connectivity index (χ3n) is 4.49. The topological polar surface area (TPSA) is 68.5 Å². The van der Waals surface area contributed by atoms with Crippen LogP contribution in [0.3, 0.4) is 0 Å². The average molecular weight is 379 g/mol. The Labute approximate surface area is 165 Å². The van der Waals surface area contributed by atoms with Gasteiger partial charge in [0, 0.05) is 12.6 Å². The van der Waals surface area contributed by atoms with Gasteiger partial charge in [0.1, 0.15) is 5.75 Å². The third-order valence-corrected chi connectivity index (χ3v) is 4.49. The van der Waals surface area contributed by atoms with Crippen LogP contribution in [0.4, 0.5) is 0 Å². The molecule has 3 rings (SSSR count). The van der Waals surface area contributed by atoms with Crippen LogP contribution < -0.4 is 4.74 Å². The Morgan fingerprint density at radius 3 is 2.61 bits per heavy atom. The van der Waals surface area contributed by atoms with Crippen LogP contribution in [0.1, 0.15) is 30.4 Å². The number of nitrogens with zero attached hydrogens (tertiary/aromatic N) is 3. The maximum Gasteiger partial charge on any atom is 0.263 e. The van der Waals surface area contributed by atoms with Crippen molar-refractivity contribution in [3.05, 3.63) is 65.5 Å². The van der Waals surface area contributed by atoms with Crippen LogP contribution in [0, 0.1) is 13.8 Å². The summed E-state index contributed by atoms with van der Waals surface area (Å²) in [6.45, 7) is 6.17. The van der Waals surface area contributed by atoms with Crippen molar-refractivity contribution in [1.29, 1.82) is 0 Å². The summed E-state index contributed by atoms with van der Waals surface area (Å²) in [6.07, 6.45) is -0.00167. The number of carbonyl (C=O) groups is 1. The minimum Gasteiger partial charge on any atom is -0.480 e. The van der Waals surface area contributed by atoms with Crippen molar-refractivity contribution in [3.63, 3.8) is 0 Å². The quantitative estimate of drug-likeness (QED) is 0.616. The number of amides is 1. The zero-order valence-electron chi connectivity index (χ0n) is 16.7. The fraction of sp³-hybridized carbons (Fsp3) is 0.318. The highest BCUT2D eigenvalue weighted by molar-refractivity contribution is 5.81. The van der Waals surface area contributed by atoms with E-state index >= 15 is 0 Å². The molecule has 1 unspecified atom stereocenters. The fourth-order valence-corrected chi connectivity index (χ4v) is 2.94. The van der Waals surface area contributed by atoms with Gasteiger partial charge in [-0.2, -0.15) is 4.98 Å². The first kappa shape index (κ1) is 19.6. The van der Waals surface area contributed by atoms with Crippen molar-refractivity contribution in [3.8, 4) is 17.1 Å². The number of ether oxygens (including phenoxy) is 1. The van der Waals surface area contributed by atoms with E-state index in [9.17, 15) is 4.79 Å². The molecule has 0 saturated heterocycles. The molecule has 1 amide bonds. The molecule has 0 aliphatic carbocycles. The fourth-order valence-electron chi connectivity index (χ4n) is 2.94. The third kappa shape index (κ3) is 4.57. The lowest BCUT2D eigenvalue weighted by atomic mass is 10.1. The summed E-state index contributed by atoms with van der Waals surface area (Å²) in [5.41, 5.74) is 3.04. The first-order chi connectivity index (χ1) is 13.5. The lowest BCUT2D eigenvalue weighted by Gasteiger charge is -2.23. The Morgan fingerprint density at radius 1 is 1.18 bits per heavy atom. The number of hydrogen-bond acceptors (Lipinski definition) is 5. The number of aromatic nitrogens is 2. The minimum absolute atomic E-state index is 0.123. The lowest BCUT2D eigenvalue weighted by Crippen LogP contribution is -2.39. The van der Waals surface area contributed by atoms with Gasteiger partial charge in [0.05, 0.1) is 6.54 Å². The number of benzene rings is 2. The van der Waals surface area contributed by atoms with Crippen LogP contribution in [0.15, 0.2) is 53.1 Å². The van der Waals surface area contributed by atoms with Gasteiger partial charge < -0.3 is 14.2 Å². The Kier molecular flexibility index (Phi) is 6.09. The highest BCUT2D eigenvalue weighted by atomic mass is 16.5. The standard InChI is InChI=1S/C22H25N3O3/c1-5-18(27-19-12-11-15(2)13-16(19)3)22(26)25(4)14-20-23-21(24-28-20)17-9-7-6-8-10-17/h6-13,18H,5,14H2,1-4H3. The molecule has 0 saturated carbocycles. The summed E-state index contributed by atoms with van der Waals surface area (Å²) in [5.74, 6) is 1.50. The molecule has 0 N–H and O–H groups in total. The van der Waals surface area contributed by atoms with Crippen LogP contribution in [-0.2, 0) is 11.3 Å². The summed E-state index contributed by atoms with van der Waals surface area (Å²) >= 11 is 0. The van der Waals surface area contributed by atoms with Crippen LogP contribution >= 0.6 is 0 Å². The first-order valence-corrected chi connectivity index (χ1v) is 9.34. The molecule has 1 atom stereocenters. The van der Waals surface area contributed by atoms with Gasteiger partial charge in [0.25, 0.3) is 5.91 Å². The van der Waals surface area contributed by atoms with Crippen molar-refractivity contribution in [2.45, 2.75) is 39.8 Å². The predicted octanol–water partition coefficient (Wildman–Crippen LogP) is 4.17. The molecule has 3 aromatic rings. The molecule has 0 spiro atoms. The maximum atomic E-state index is 12.8. The van der Waals surface area contributed by atoms with E-state index in [1.165, 1.54) is 0 Å². The van der Waals surface area contributed by atoms with Gasteiger partial charge in [-0.3, -0.25) is 4.79 Å².